The van der Waals surface area contributed by atoms with Crippen LogP contribution in [-0.2, 0) is 4.74 Å². The van der Waals surface area contributed by atoms with Crippen LogP contribution in [0, 0.1) is 0 Å². The van der Waals surface area contributed by atoms with Crippen molar-refractivity contribution < 1.29 is 19.0 Å². The molecule has 1 unspecified atom stereocenters. The number of hydrogen-bond acceptors (Lipinski definition) is 5. The highest BCUT2D eigenvalue weighted by Gasteiger charge is 2.17. The number of anilines is 1. The van der Waals surface area contributed by atoms with Crippen molar-refractivity contribution in [2.75, 3.05) is 32.7 Å². The number of amides is 1. The average molecular weight is 383 g/mol. The number of guanidine groups is 1. The zero-order chi connectivity index (χ0) is 19.8. The molecule has 1 aliphatic rings. The number of nitrogens with zero attached hydrogens (tertiary/aromatic N) is 1. The molecule has 0 saturated carbocycles. The van der Waals surface area contributed by atoms with Gasteiger partial charge >= 0.3 is 0 Å². The molecule has 1 heterocycles. The fourth-order valence-electron chi connectivity index (χ4n) is 2.91. The van der Waals surface area contributed by atoms with Crippen LogP contribution < -0.4 is 20.1 Å². The molecule has 1 atom stereocenters. The van der Waals surface area contributed by atoms with Crippen LogP contribution in [0.3, 0.4) is 0 Å². The van der Waals surface area contributed by atoms with E-state index in [9.17, 15) is 4.79 Å². The molecule has 2 N–H and O–H groups in total. The fraction of sp³-hybridized carbons (Fsp3) is 0.333. The summed E-state index contributed by atoms with van der Waals surface area (Å²) < 4.78 is 16.1. The monoisotopic (exact) mass is 383 g/mol. The van der Waals surface area contributed by atoms with Gasteiger partial charge in [-0.2, -0.15) is 0 Å². The number of carbonyl (C=O) groups excluding carboxylic acids is 1. The predicted octanol–water partition coefficient (Wildman–Crippen LogP) is 3.08. The largest absolute Gasteiger partial charge is 0.493 e. The lowest BCUT2D eigenvalue weighted by atomic mass is 10.2. The van der Waals surface area contributed by atoms with Gasteiger partial charge in [0.25, 0.3) is 5.91 Å². The molecule has 148 valence electrons. The summed E-state index contributed by atoms with van der Waals surface area (Å²) in [6.45, 7) is 1.25. The minimum absolute atomic E-state index is 0.0885. The maximum absolute atomic E-state index is 12.7. The van der Waals surface area contributed by atoms with Gasteiger partial charge in [0, 0.05) is 17.9 Å². The Morgan fingerprint density at radius 2 is 1.93 bits per heavy atom. The van der Waals surface area contributed by atoms with Gasteiger partial charge < -0.3 is 19.5 Å². The topological polar surface area (TPSA) is 81.2 Å². The summed E-state index contributed by atoms with van der Waals surface area (Å²) in [5.41, 5.74) is 1.28. The summed E-state index contributed by atoms with van der Waals surface area (Å²) in [7, 11) is 3.09. The number of benzene rings is 2. The SMILES string of the molecule is COc1ccc(C(=O)NC(=NCC2CCCO2)Nc2ccccc2)cc1OC. The minimum Gasteiger partial charge on any atom is -0.493 e. The highest BCUT2D eigenvalue weighted by molar-refractivity contribution is 6.10. The quantitative estimate of drug-likeness (QED) is 0.592. The molecule has 1 aliphatic heterocycles. The van der Waals surface area contributed by atoms with Gasteiger partial charge in [-0.3, -0.25) is 10.1 Å². The van der Waals surface area contributed by atoms with Crippen molar-refractivity contribution in [2.45, 2.75) is 18.9 Å². The molecule has 1 saturated heterocycles. The second-order valence-corrected chi connectivity index (χ2v) is 6.34. The van der Waals surface area contributed by atoms with E-state index in [0.29, 0.717) is 29.6 Å². The van der Waals surface area contributed by atoms with E-state index >= 15 is 0 Å². The van der Waals surface area contributed by atoms with Crippen molar-refractivity contribution in [1.29, 1.82) is 0 Å². The summed E-state index contributed by atoms with van der Waals surface area (Å²) in [4.78, 5) is 17.3. The van der Waals surface area contributed by atoms with E-state index in [1.165, 1.54) is 7.11 Å². The van der Waals surface area contributed by atoms with Crippen LogP contribution >= 0.6 is 0 Å². The number of ether oxygens (including phenoxy) is 3. The maximum atomic E-state index is 12.7. The lowest BCUT2D eigenvalue weighted by molar-refractivity contribution is 0.0975. The molecule has 0 aliphatic carbocycles. The summed E-state index contributed by atoms with van der Waals surface area (Å²) in [5, 5.41) is 6.00. The number of aliphatic imine (C=N–C) groups is 1. The van der Waals surface area contributed by atoms with Crippen molar-refractivity contribution in [3.8, 4) is 11.5 Å². The normalized spacial score (nSPS) is 16.5. The van der Waals surface area contributed by atoms with Gasteiger partial charge in [-0.1, -0.05) is 18.2 Å². The summed E-state index contributed by atoms with van der Waals surface area (Å²) >= 11 is 0. The van der Waals surface area contributed by atoms with Crippen molar-refractivity contribution in [3.05, 3.63) is 54.1 Å². The van der Waals surface area contributed by atoms with Crippen LogP contribution in [0.4, 0.5) is 5.69 Å². The Morgan fingerprint density at radius 3 is 2.61 bits per heavy atom. The van der Waals surface area contributed by atoms with E-state index in [2.05, 4.69) is 15.6 Å². The molecule has 0 bridgehead atoms. The third-order valence-corrected chi connectivity index (χ3v) is 4.39. The van der Waals surface area contributed by atoms with E-state index in [1.807, 2.05) is 30.3 Å². The smallest absolute Gasteiger partial charge is 0.258 e. The molecule has 7 heteroatoms. The molecule has 7 nitrogen and oxygen atoms in total. The molecule has 28 heavy (non-hydrogen) atoms. The molecule has 0 radical (unpaired) electrons. The van der Waals surface area contributed by atoms with Crippen LogP contribution in [-0.4, -0.2) is 45.3 Å². The van der Waals surface area contributed by atoms with Gasteiger partial charge in [0.15, 0.2) is 11.5 Å². The fourth-order valence-corrected chi connectivity index (χ4v) is 2.91. The Morgan fingerprint density at radius 1 is 1.14 bits per heavy atom. The lowest BCUT2D eigenvalue weighted by Crippen LogP contribution is -2.36. The van der Waals surface area contributed by atoms with Crippen molar-refractivity contribution in [2.24, 2.45) is 4.99 Å². The Balaban J connectivity index is 1.75. The minimum atomic E-state index is -0.296. The summed E-state index contributed by atoms with van der Waals surface area (Å²) in [6.07, 6.45) is 2.11. The average Bonchev–Trinajstić information content (AvgIpc) is 3.26. The Bertz CT molecular complexity index is 818. The first-order valence-corrected chi connectivity index (χ1v) is 9.21. The van der Waals surface area contributed by atoms with Gasteiger partial charge in [-0.05, 0) is 43.2 Å². The third-order valence-electron chi connectivity index (χ3n) is 4.39. The van der Waals surface area contributed by atoms with Gasteiger partial charge in [0.1, 0.15) is 0 Å². The van der Waals surface area contributed by atoms with Gasteiger partial charge in [0.05, 0.1) is 26.9 Å². The number of carbonyl (C=O) groups is 1. The van der Waals surface area contributed by atoms with Crippen LogP contribution in [0.25, 0.3) is 0 Å². The molecule has 3 rings (SSSR count). The molecular weight excluding hydrogens is 358 g/mol. The lowest BCUT2D eigenvalue weighted by Gasteiger charge is -2.14. The molecule has 2 aromatic carbocycles. The molecule has 0 aromatic heterocycles. The summed E-state index contributed by atoms with van der Waals surface area (Å²) in [5.74, 6) is 1.13. The number of hydrogen-bond donors (Lipinski definition) is 2. The third kappa shape index (κ3) is 5.23. The van der Waals surface area contributed by atoms with Crippen molar-refractivity contribution >= 4 is 17.6 Å². The zero-order valence-corrected chi connectivity index (χ0v) is 16.1. The number of methoxy groups -OCH3 is 2. The van der Waals surface area contributed by atoms with Crippen LogP contribution in [0.1, 0.15) is 23.2 Å². The zero-order valence-electron chi connectivity index (χ0n) is 16.1. The molecule has 1 amide bonds. The molecular formula is C21H25N3O4. The second kappa shape index (κ2) is 9.75. The van der Waals surface area contributed by atoms with Crippen LogP contribution in [0.5, 0.6) is 11.5 Å². The predicted molar refractivity (Wildman–Crippen MR) is 108 cm³/mol. The van der Waals surface area contributed by atoms with E-state index in [-0.39, 0.29) is 12.0 Å². The highest BCUT2D eigenvalue weighted by Crippen LogP contribution is 2.27. The Hall–Kier alpha value is -3.06. The van der Waals surface area contributed by atoms with Crippen LogP contribution in [0.2, 0.25) is 0 Å². The van der Waals surface area contributed by atoms with E-state index in [1.54, 1.807) is 25.3 Å². The first kappa shape index (κ1) is 19.7. The number of para-hydroxylation sites is 1. The maximum Gasteiger partial charge on any atom is 0.258 e. The van der Waals surface area contributed by atoms with Crippen LogP contribution in [0.15, 0.2) is 53.5 Å². The molecule has 2 aromatic rings. The van der Waals surface area contributed by atoms with Gasteiger partial charge in [0.2, 0.25) is 5.96 Å². The van der Waals surface area contributed by atoms with E-state index < -0.39 is 0 Å². The number of nitrogens with one attached hydrogen (secondary N) is 2. The van der Waals surface area contributed by atoms with E-state index in [4.69, 9.17) is 14.2 Å². The van der Waals surface area contributed by atoms with Crippen molar-refractivity contribution in [3.63, 3.8) is 0 Å². The number of rotatable bonds is 6. The van der Waals surface area contributed by atoms with Gasteiger partial charge in [-0.15, -0.1) is 0 Å². The summed E-state index contributed by atoms with van der Waals surface area (Å²) in [6, 6.07) is 14.6. The van der Waals surface area contributed by atoms with Crippen molar-refractivity contribution in [1.82, 2.24) is 5.32 Å². The highest BCUT2D eigenvalue weighted by atomic mass is 16.5. The molecule has 1 fully saturated rings. The Kier molecular flexibility index (Phi) is 6.86. The second-order valence-electron chi connectivity index (χ2n) is 6.34. The standard InChI is InChI=1S/C21H25N3O4/c1-26-18-11-10-15(13-19(18)27-2)20(25)24-21(22-14-17-9-6-12-28-17)23-16-7-4-3-5-8-16/h3-5,7-8,10-11,13,17H,6,9,12,14H2,1-2H3,(H2,22,23,24,25). The first-order chi connectivity index (χ1) is 13.7. The van der Waals surface area contributed by atoms with E-state index in [0.717, 1.165) is 25.1 Å². The van der Waals surface area contributed by atoms with Gasteiger partial charge in [-0.25, -0.2) is 4.99 Å². The molecule has 0 spiro atoms. The Labute approximate surface area is 164 Å². The first-order valence-electron chi connectivity index (χ1n) is 9.21.